The van der Waals surface area contributed by atoms with Gasteiger partial charge < -0.3 is 0 Å². The standard InChI is InChI=1S/C3H9Si/c1-4(2)3/h1-3H3/p+1. The van der Waals surface area contributed by atoms with Crippen LogP contribution in [0.4, 0.5) is 0 Å². The van der Waals surface area contributed by atoms with Gasteiger partial charge in [0.25, 0.3) is 0 Å². The first-order valence-corrected chi connectivity index (χ1v) is 4.50. The summed E-state index contributed by atoms with van der Waals surface area (Å²) in [4.78, 5) is 0. The lowest BCUT2D eigenvalue weighted by atomic mass is 11.8. The lowest BCUT2D eigenvalue weighted by Gasteiger charge is -1.75. The largest absolute Gasteiger partial charge is 1.00 e. The molecule has 1 radical (unpaired) electrons. The number of hydrogen-bond donors (Lipinski definition) is 0. The summed E-state index contributed by atoms with van der Waals surface area (Å²) < 4.78 is 0. The minimum absolute atomic E-state index is 0. The van der Waals surface area contributed by atoms with Crippen LogP contribution in [0.25, 0.3) is 0 Å². The number of rotatable bonds is 0. The van der Waals surface area contributed by atoms with Crippen LogP contribution in [0, 0.1) is 0 Å². The van der Waals surface area contributed by atoms with Crippen molar-refractivity contribution < 1.29 is 1.43 Å². The molecule has 0 unspecified atom stereocenters. The molecule has 1 heteroatoms. The zero-order valence-electron chi connectivity index (χ0n) is 4.50. The van der Waals surface area contributed by atoms with Crippen molar-refractivity contribution in [3.8, 4) is 0 Å². The van der Waals surface area contributed by atoms with Crippen LogP contribution in [0.15, 0.2) is 0 Å². The molecular formula is C3H10Si+. The first kappa shape index (κ1) is 4.22. The Bertz CT molecular complexity index is 11.6. The quantitative estimate of drug-likeness (QED) is 0.382. The van der Waals surface area contributed by atoms with Crippen molar-refractivity contribution in [2.75, 3.05) is 0 Å². The molecule has 0 aliphatic carbocycles. The van der Waals surface area contributed by atoms with Crippen molar-refractivity contribution in [2.24, 2.45) is 0 Å². The molecule has 0 aromatic heterocycles. The van der Waals surface area contributed by atoms with E-state index in [9.17, 15) is 0 Å². The second-order valence-electron chi connectivity index (χ2n) is 1.50. The molecule has 0 saturated carbocycles. The molecule has 0 nitrogen and oxygen atoms in total. The Kier molecular flexibility index (Phi) is 1.61. The lowest BCUT2D eigenvalue weighted by molar-refractivity contribution is 1.91. The van der Waals surface area contributed by atoms with E-state index in [1.165, 1.54) is 0 Å². The third-order valence-electron chi connectivity index (χ3n) is 0. The van der Waals surface area contributed by atoms with Crippen LogP contribution < -0.4 is 0 Å². The molecule has 4 heavy (non-hydrogen) atoms. The average molecular weight is 74.2 g/mol. The number of hydrogen-bond acceptors (Lipinski definition) is 0. The molecule has 0 amide bonds. The van der Waals surface area contributed by atoms with E-state index in [4.69, 9.17) is 0 Å². The highest BCUT2D eigenvalue weighted by molar-refractivity contribution is 6.54. The Hall–Kier alpha value is 0.217. The van der Waals surface area contributed by atoms with Crippen molar-refractivity contribution in [3.05, 3.63) is 0 Å². The third kappa shape index (κ3) is 69.8. The van der Waals surface area contributed by atoms with Crippen LogP contribution in [0.3, 0.4) is 0 Å². The Morgan fingerprint density at radius 1 is 1.25 bits per heavy atom. The van der Waals surface area contributed by atoms with Crippen LogP contribution in [-0.2, 0) is 0 Å². The summed E-state index contributed by atoms with van der Waals surface area (Å²) >= 11 is 0. The molecule has 0 aliphatic rings. The van der Waals surface area contributed by atoms with Gasteiger partial charge in [-0.2, -0.15) is 0 Å². The van der Waals surface area contributed by atoms with E-state index in [1.807, 2.05) is 0 Å². The van der Waals surface area contributed by atoms with E-state index >= 15 is 0 Å². The van der Waals surface area contributed by atoms with Crippen LogP contribution >= 0.6 is 0 Å². The van der Waals surface area contributed by atoms with Gasteiger partial charge in [0.1, 0.15) is 0 Å². The minimum Gasteiger partial charge on any atom is -0.0715 e. The maximum atomic E-state index is 2.27. The summed E-state index contributed by atoms with van der Waals surface area (Å²) in [5.41, 5.74) is 0. The molecular weight excluding hydrogens is 64.1 g/mol. The van der Waals surface area contributed by atoms with Crippen LogP contribution in [0.1, 0.15) is 1.43 Å². The fourth-order valence-electron chi connectivity index (χ4n) is 0. The Morgan fingerprint density at radius 3 is 1.25 bits per heavy atom. The summed E-state index contributed by atoms with van der Waals surface area (Å²) in [6, 6.07) is 0. The van der Waals surface area contributed by atoms with Gasteiger partial charge in [-0.25, -0.2) is 0 Å². The fraction of sp³-hybridized carbons (Fsp3) is 1.00. The predicted octanol–water partition coefficient (Wildman–Crippen LogP) is 1.48. The lowest BCUT2D eigenvalue weighted by Crippen LogP contribution is -1.84. The van der Waals surface area contributed by atoms with Crippen LogP contribution in [0.5, 0.6) is 0 Å². The van der Waals surface area contributed by atoms with Crippen molar-refractivity contribution in [1.29, 1.82) is 0 Å². The first-order valence-electron chi connectivity index (χ1n) is 1.50. The molecule has 0 aromatic carbocycles. The molecule has 0 heterocycles. The topological polar surface area (TPSA) is 0 Å². The Balaban J connectivity index is 0. The molecule has 0 fully saturated rings. The minimum atomic E-state index is 0. The van der Waals surface area contributed by atoms with Gasteiger partial charge >= 0.3 is 1.43 Å². The van der Waals surface area contributed by atoms with Crippen LogP contribution in [0.2, 0.25) is 19.6 Å². The van der Waals surface area contributed by atoms with E-state index in [-0.39, 0.29) is 10.2 Å². The van der Waals surface area contributed by atoms with Gasteiger partial charge in [0.05, 0.1) is 0 Å². The summed E-state index contributed by atoms with van der Waals surface area (Å²) in [6.45, 7) is 6.81. The summed E-state index contributed by atoms with van der Waals surface area (Å²) in [5, 5.41) is 0. The summed E-state index contributed by atoms with van der Waals surface area (Å²) in [7, 11) is 0.120. The molecule has 0 saturated heterocycles. The second kappa shape index (κ2) is 1.53. The van der Waals surface area contributed by atoms with E-state index in [2.05, 4.69) is 19.6 Å². The SMILES string of the molecule is C[Si](C)C.[H+]. The maximum absolute atomic E-state index is 2.27. The van der Waals surface area contributed by atoms with E-state index in [0.717, 1.165) is 0 Å². The molecule has 0 N–H and O–H groups in total. The van der Waals surface area contributed by atoms with Crippen molar-refractivity contribution in [3.63, 3.8) is 0 Å². The van der Waals surface area contributed by atoms with Crippen molar-refractivity contribution in [2.45, 2.75) is 19.6 Å². The Morgan fingerprint density at radius 2 is 1.25 bits per heavy atom. The highest BCUT2D eigenvalue weighted by atomic mass is 28.3. The Labute approximate surface area is 30.9 Å². The van der Waals surface area contributed by atoms with E-state index in [0.29, 0.717) is 0 Å². The van der Waals surface area contributed by atoms with Gasteiger partial charge in [-0.1, -0.05) is 19.6 Å². The maximum Gasteiger partial charge on any atom is 1.00 e. The monoisotopic (exact) mass is 74.1 g/mol. The van der Waals surface area contributed by atoms with E-state index in [1.54, 1.807) is 0 Å². The summed E-state index contributed by atoms with van der Waals surface area (Å²) in [5.74, 6) is 0. The van der Waals surface area contributed by atoms with Gasteiger partial charge in [-0.05, 0) is 0 Å². The first-order chi connectivity index (χ1) is 1.73. The smallest absolute Gasteiger partial charge is 0.0715 e. The molecule has 25 valence electrons. The van der Waals surface area contributed by atoms with Gasteiger partial charge in [-0.15, -0.1) is 0 Å². The van der Waals surface area contributed by atoms with E-state index < -0.39 is 0 Å². The average Bonchev–Trinajstić information content (AvgIpc) is 0.811. The second-order valence-corrected chi connectivity index (χ2v) is 4.50. The normalized spacial score (nSPS) is 9.00. The van der Waals surface area contributed by atoms with Crippen LogP contribution in [-0.4, -0.2) is 8.80 Å². The van der Waals surface area contributed by atoms with Gasteiger partial charge in [0.15, 0.2) is 0 Å². The zero-order chi connectivity index (χ0) is 3.58. The predicted molar refractivity (Wildman–Crippen MR) is 24.5 cm³/mol. The molecule has 0 aliphatic heterocycles. The van der Waals surface area contributed by atoms with Gasteiger partial charge in [0.2, 0.25) is 0 Å². The highest BCUT2D eigenvalue weighted by Gasteiger charge is 1.72. The third-order valence-corrected chi connectivity index (χ3v) is 0. The van der Waals surface area contributed by atoms with Gasteiger partial charge in [0, 0.05) is 8.80 Å². The molecule has 0 aromatic rings. The van der Waals surface area contributed by atoms with Crippen molar-refractivity contribution in [1.82, 2.24) is 0 Å². The van der Waals surface area contributed by atoms with Crippen molar-refractivity contribution >= 4 is 8.80 Å². The fourth-order valence-corrected chi connectivity index (χ4v) is 0. The zero-order valence-corrected chi connectivity index (χ0v) is 4.50. The molecule has 0 spiro atoms. The molecule has 0 bridgehead atoms. The molecule has 0 rings (SSSR count). The summed E-state index contributed by atoms with van der Waals surface area (Å²) in [6.07, 6.45) is 0. The van der Waals surface area contributed by atoms with Gasteiger partial charge in [-0.3, -0.25) is 0 Å². The molecule has 0 atom stereocenters. The highest BCUT2D eigenvalue weighted by Crippen LogP contribution is 1.68.